The molecule has 0 aliphatic heterocycles. The Hall–Kier alpha value is -0.990. The lowest BCUT2D eigenvalue weighted by molar-refractivity contribution is 0.277. The monoisotopic (exact) mass is 223 g/mol. The van der Waals surface area contributed by atoms with E-state index in [0.29, 0.717) is 6.54 Å². The van der Waals surface area contributed by atoms with Gasteiger partial charge in [-0.3, -0.25) is 0 Å². The normalized spacial score (nSPS) is 11.2. The molecular formula is C12H14ClNO. The van der Waals surface area contributed by atoms with Crippen LogP contribution in [0.2, 0.25) is 5.02 Å². The molecule has 0 atom stereocenters. The van der Waals surface area contributed by atoms with E-state index >= 15 is 0 Å². The number of benzene rings is 1. The second-order valence-electron chi connectivity index (χ2n) is 3.72. The largest absolute Gasteiger partial charge is 0.395 e. The van der Waals surface area contributed by atoms with Crippen LogP contribution in [0.3, 0.4) is 0 Å². The fourth-order valence-corrected chi connectivity index (χ4v) is 2.31. The molecule has 0 saturated carbocycles. The van der Waals surface area contributed by atoms with E-state index in [-0.39, 0.29) is 6.61 Å². The molecule has 2 aromatic rings. The van der Waals surface area contributed by atoms with Crippen molar-refractivity contribution in [1.29, 1.82) is 0 Å². The lowest BCUT2D eigenvalue weighted by Gasteiger charge is -2.06. The predicted octanol–water partition coefficient (Wildman–Crippen LogP) is 2.90. The first-order valence-corrected chi connectivity index (χ1v) is 5.39. The lowest BCUT2D eigenvalue weighted by atomic mass is 10.2. The van der Waals surface area contributed by atoms with E-state index in [0.717, 1.165) is 10.5 Å². The Bertz CT molecular complexity index is 502. The molecule has 2 nitrogen and oxygen atoms in total. The van der Waals surface area contributed by atoms with Gasteiger partial charge in [0.2, 0.25) is 0 Å². The molecule has 80 valence electrons. The van der Waals surface area contributed by atoms with Crippen LogP contribution in [-0.4, -0.2) is 16.3 Å². The van der Waals surface area contributed by atoms with Crippen molar-refractivity contribution in [2.45, 2.75) is 20.4 Å². The van der Waals surface area contributed by atoms with Crippen LogP contribution in [0.15, 0.2) is 18.2 Å². The van der Waals surface area contributed by atoms with Crippen molar-refractivity contribution < 1.29 is 5.11 Å². The van der Waals surface area contributed by atoms with Crippen LogP contribution < -0.4 is 0 Å². The van der Waals surface area contributed by atoms with E-state index in [9.17, 15) is 0 Å². The summed E-state index contributed by atoms with van der Waals surface area (Å²) >= 11 is 6.18. The molecule has 0 fully saturated rings. The van der Waals surface area contributed by atoms with E-state index < -0.39 is 0 Å². The number of hydrogen-bond acceptors (Lipinski definition) is 1. The molecule has 1 heterocycles. The SMILES string of the molecule is Cc1c(C)n(CCO)c2c(Cl)cccc12. The third kappa shape index (κ3) is 1.54. The van der Waals surface area contributed by atoms with Gasteiger partial charge in [0.1, 0.15) is 0 Å². The predicted molar refractivity (Wildman–Crippen MR) is 63.5 cm³/mol. The molecule has 0 aliphatic rings. The second kappa shape index (κ2) is 3.87. The number of aromatic nitrogens is 1. The van der Waals surface area contributed by atoms with Gasteiger partial charge in [-0.15, -0.1) is 0 Å². The van der Waals surface area contributed by atoms with Crippen LogP contribution in [-0.2, 0) is 6.54 Å². The Morgan fingerprint density at radius 1 is 1.33 bits per heavy atom. The molecule has 1 aromatic heterocycles. The molecule has 0 amide bonds. The molecule has 0 aliphatic carbocycles. The zero-order valence-electron chi connectivity index (χ0n) is 8.92. The number of halogens is 1. The molecule has 1 N–H and O–H groups in total. The number of fused-ring (bicyclic) bond motifs is 1. The number of hydrogen-bond donors (Lipinski definition) is 1. The minimum atomic E-state index is 0.134. The highest BCUT2D eigenvalue weighted by Crippen LogP contribution is 2.30. The summed E-state index contributed by atoms with van der Waals surface area (Å²) in [6, 6.07) is 5.91. The van der Waals surface area contributed by atoms with Gasteiger partial charge in [-0.25, -0.2) is 0 Å². The first-order valence-electron chi connectivity index (χ1n) is 5.01. The van der Waals surface area contributed by atoms with E-state index in [4.69, 9.17) is 16.7 Å². The smallest absolute Gasteiger partial charge is 0.0675 e. The molecule has 1 aromatic carbocycles. The third-order valence-electron chi connectivity index (χ3n) is 2.93. The summed E-state index contributed by atoms with van der Waals surface area (Å²) in [4.78, 5) is 0. The van der Waals surface area contributed by atoms with Crippen LogP contribution in [0.1, 0.15) is 11.3 Å². The minimum Gasteiger partial charge on any atom is -0.395 e. The summed E-state index contributed by atoms with van der Waals surface area (Å²) in [5.41, 5.74) is 3.44. The quantitative estimate of drug-likeness (QED) is 0.832. The summed E-state index contributed by atoms with van der Waals surface area (Å²) < 4.78 is 2.08. The molecule has 15 heavy (non-hydrogen) atoms. The zero-order valence-corrected chi connectivity index (χ0v) is 9.67. The Labute approximate surface area is 94.1 Å². The first-order chi connectivity index (χ1) is 7.16. The minimum absolute atomic E-state index is 0.134. The molecular weight excluding hydrogens is 210 g/mol. The summed E-state index contributed by atoms with van der Waals surface area (Å²) in [6.07, 6.45) is 0. The van der Waals surface area contributed by atoms with Crippen molar-refractivity contribution in [3.05, 3.63) is 34.5 Å². The Kier molecular flexibility index (Phi) is 2.72. The summed E-state index contributed by atoms with van der Waals surface area (Å²) in [5.74, 6) is 0. The number of aliphatic hydroxyl groups excluding tert-OH is 1. The standard InChI is InChI=1S/C12H14ClNO/c1-8-9(2)14(6-7-15)12-10(8)4-3-5-11(12)13/h3-5,15H,6-7H2,1-2H3. The highest BCUT2D eigenvalue weighted by molar-refractivity contribution is 6.35. The second-order valence-corrected chi connectivity index (χ2v) is 4.13. The average Bonchev–Trinajstić information content (AvgIpc) is 2.46. The highest BCUT2D eigenvalue weighted by Gasteiger charge is 2.12. The van der Waals surface area contributed by atoms with Gasteiger partial charge in [-0.2, -0.15) is 0 Å². The van der Waals surface area contributed by atoms with Crippen molar-refractivity contribution in [1.82, 2.24) is 4.57 Å². The molecule has 2 rings (SSSR count). The summed E-state index contributed by atoms with van der Waals surface area (Å²) in [7, 11) is 0. The van der Waals surface area contributed by atoms with E-state index in [1.54, 1.807) is 0 Å². The number of aliphatic hydroxyl groups is 1. The van der Waals surface area contributed by atoms with Crippen molar-refractivity contribution in [3.8, 4) is 0 Å². The highest BCUT2D eigenvalue weighted by atomic mass is 35.5. The Balaban J connectivity index is 2.82. The van der Waals surface area contributed by atoms with Crippen LogP contribution in [0.25, 0.3) is 10.9 Å². The molecule has 0 spiro atoms. The van der Waals surface area contributed by atoms with Crippen LogP contribution >= 0.6 is 11.6 Å². The van der Waals surface area contributed by atoms with Gasteiger partial charge in [-0.1, -0.05) is 23.7 Å². The number of nitrogens with zero attached hydrogens (tertiary/aromatic N) is 1. The van der Waals surface area contributed by atoms with Gasteiger partial charge >= 0.3 is 0 Å². The first kappa shape index (κ1) is 10.5. The topological polar surface area (TPSA) is 25.2 Å². The Morgan fingerprint density at radius 3 is 2.73 bits per heavy atom. The molecule has 0 radical (unpaired) electrons. The van der Waals surface area contributed by atoms with Crippen molar-refractivity contribution in [2.24, 2.45) is 0 Å². The molecule has 0 bridgehead atoms. The average molecular weight is 224 g/mol. The summed E-state index contributed by atoms with van der Waals surface area (Å²) in [5, 5.41) is 11.0. The maximum Gasteiger partial charge on any atom is 0.0675 e. The van der Waals surface area contributed by atoms with Crippen molar-refractivity contribution in [2.75, 3.05) is 6.61 Å². The van der Waals surface area contributed by atoms with Crippen LogP contribution in [0, 0.1) is 13.8 Å². The fourth-order valence-electron chi connectivity index (χ4n) is 2.04. The van der Waals surface area contributed by atoms with Gasteiger partial charge in [0.05, 0.1) is 17.1 Å². The number of rotatable bonds is 2. The molecule has 3 heteroatoms. The van der Waals surface area contributed by atoms with Crippen LogP contribution in [0.5, 0.6) is 0 Å². The number of para-hydroxylation sites is 1. The molecule has 0 unspecified atom stereocenters. The maximum atomic E-state index is 9.04. The molecule has 0 saturated heterocycles. The van der Waals surface area contributed by atoms with Gasteiger partial charge in [0.25, 0.3) is 0 Å². The fraction of sp³-hybridized carbons (Fsp3) is 0.333. The zero-order chi connectivity index (χ0) is 11.0. The van der Waals surface area contributed by atoms with Gasteiger partial charge < -0.3 is 9.67 Å². The van der Waals surface area contributed by atoms with Crippen molar-refractivity contribution in [3.63, 3.8) is 0 Å². The van der Waals surface area contributed by atoms with Gasteiger partial charge in [0.15, 0.2) is 0 Å². The van der Waals surface area contributed by atoms with E-state index in [1.165, 1.54) is 16.6 Å². The van der Waals surface area contributed by atoms with Gasteiger partial charge in [-0.05, 0) is 25.5 Å². The maximum absolute atomic E-state index is 9.04. The van der Waals surface area contributed by atoms with Crippen molar-refractivity contribution >= 4 is 22.5 Å². The Morgan fingerprint density at radius 2 is 2.07 bits per heavy atom. The lowest BCUT2D eigenvalue weighted by Crippen LogP contribution is -2.04. The van der Waals surface area contributed by atoms with Gasteiger partial charge in [0, 0.05) is 17.6 Å². The van der Waals surface area contributed by atoms with E-state index in [1.807, 2.05) is 12.1 Å². The third-order valence-corrected chi connectivity index (χ3v) is 3.24. The van der Waals surface area contributed by atoms with E-state index in [2.05, 4.69) is 24.5 Å². The number of aryl methyl sites for hydroxylation is 1. The van der Waals surface area contributed by atoms with Crippen LogP contribution in [0.4, 0.5) is 0 Å². The summed E-state index contributed by atoms with van der Waals surface area (Å²) in [6.45, 7) is 4.87.